The molecular formula is C13H16F3N. The molecule has 4 heteroatoms. The van der Waals surface area contributed by atoms with E-state index in [1.807, 2.05) is 4.90 Å². The molecule has 1 aliphatic heterocycles. The highest BCUT2D eigenvalue weighted by atomic mass is 19.1. The largest absolute Gasteiger partial charge is 0.299 e. The van der Waals surface area contributed by atoms with Crippen molar-refractivity contribution in [1.29, 1.82) is 0 Å². The smallest absolute Gasteiger partial charge is 0.133 e. The lowest BCUT2D eigenvalue weighted by atomic mass is 9.99. The topological polar surface area (TPSA) is 3.24 Å². The first kappa shape index (κ1) is 12.4. The summed E-state index contributed by atoms with van der Waals surface area (Å²) in [5.41, 5.74) is -0.0269. The van der Waals surface area contributed by atoms with Crippen molar-refractivity contribution in [2.45, 2.75) is 26.3 Å². The summed E-state index contributed by atoms with van der Waals surface area (Å²) < 4.78 is 39.6. The predicted octanol–water partition coefficient (Wildman–Crippen LogP) is 3.34. The Balaban J connectivity index is 2.08. The third-order valence-corrected chi connectivity index (χ3v) is 3.36. The lowest BCUT2D eigenvalue weighted by molar-refractivity contribution is 0.181. The molecule has 1 aliphatic rings. The summed E-state index contributed by atoms with van der Waals surface area (Å²) in [5, 5.41) is 0. The molecule has 1 aromatic rings. The molecule has 0 spiro atoms. The van der Waals surface area contributed by atoms with Gasteiger partial charge in [-0.15, -0.1) is 0 Å². The van der Waals surface area contributed by atoms with E-state index < -0.39 is 17.5 Å². The second-order valence-corrected chi connectivity index (χ2v) is 4.81. The Hall–Kier alpha value is -1.03. The van der Waals surface area contributed by atoms with E-state index in [4.69, 9.17) is 0 Å². The third kappa shape index (κ3) is 3.00. The molecule has 0 amide bonds. The second kappa shape index (κ2) is 5.08. The average molecular weight is 243 g/mol. The predicted molar refractivity (Wildman–Crippen MR) is 60.0 cm³/mol. The van der Waals surface area contributed by atoms with Gasteiger partial charge in [0.25, 0.3) is 0 Å². The van der Waals surface area contributed by atoms with Crippen LogP contribution in [-0.2, 0) is 6.54 Å². The van der Waals surface area contributed by atoms with Crippen molar-refractivity contribution < 1.29 is 13.2 Å². The highest BCUT2D eigenvalue weighted by Crippen LogP contribution is 2.21. The van der Waals surface area contributed by atoms with Crippen molar-refractivity contribution in [3.63, 3.8) is 0 Å². The Kier molecular flexibility index (Phi) is 3.72. The maximum Gasteiger partial charge on any atom is 0.133 e. The minimum Gasteiger partial charge on any atom is -0.299 e. The van der Waals surface area contributed by atoms with Gasteiger partial charge in [0, 0.05) is 24.2 Å². The SMILES string of the molecule is CC1CCN(Cc2c(F)cc(F)cc2F)CC1. The normalized spacial score (nSPS) is 18.6. The number of hydrogen-bond donors (Lipinski definition) is 0. The van der Waals surface area contributed by atoms with E-state index in [2.05, 4.69) is 6.92 Å². The minimum atomic E-state index is -0.865. The molecule has 0 aliphatic carbocycles. The van der Waals surface area contributed by atoms with Crippen LogP contribution in [0.25, 0.3) is 0 Å². The number of likely N-dealkylation sites (tertiary alicyclic amines) is 1. The molecule has 1 saturated heterocycles. The number of benzene rings is 1. The Bertz CT molecular complexity index is 375. The van der Waals surface area contributed by atoms with E-state index in [-0.39, 0.29) is 12.1 Å². The lowest BCUT2D eigenvalue weighted by Gasteiger charge is -2.30. The number of hydrogen-bond acceptors (Lipinski definition) is 1. The van der Waals surface area contributed by atoms with Crippen molar-refractivity contribution >= 4 is 0 Å². The van der Waals surface area contributed by atoms with Crippen molar-refractivity contribution in [3.8, 4) is 0 Å². The zero-order valence-electron chi connectivity index (χ0n) is 9.85. The summed E-state index contributed by atoms with van der Waals surface area (Å²) in [4.78, 5) is 2.01. The molecule has 0 N–H and O–H groups in total. The van der Waals surface area contributed by atoms with Gasteiger partial charge in [-0.2, -0.15) is 0 Å². The van der Waals surface area contributed by atoms with Crippen LogP contribution in [0, 0.1) is 23.4 Å². The Morgan fingerprint density at radius 1 is 1.12 bits per heavy atom. The quantitative estimate of drug-likeness (QED) is 0.770. The van der Waals surface area contributed by atoms with Crippen molar-refractivity contribution in [2.75, 3.05) is 13.1 Å². The molecule has 1 aromatic carbocycles. The first-order valence-corrected chi connectivity index (χ1v) is 5.92. The monoisotopic (exact) mass is 243 g/mol. The molecule has 0 saturated carbocycles. The van der Waals surface area contributed by atoms with Gasteiger partial charge in [0.05, 0.1) is 0 Å². The Labute approximate surface area is 99.2 Å². The van der Waals surface area contributed by atoms with Crippen LogP contribution < -0.4 is 0 Å². The maximum atomic E-state index is 13.4. The Morgan fingerprint density at radius 3 is 2.18 bits per heavy atom. The number of rotatable bonds is 2. The molecule has 1 fully saturated rings. The van der Waals surface area contributed by atoms with Gasteiger partial charge >= 0.3 is 0 Å². The van der Waals surface area contributed by atoms with Gasteiger partial charge in [-0.3, -0.25) is 4.90 Å². The summed E-state index contributed by atoms with van der Waals surface area (Å²) in [6.45, 7) is 4.09. The van der Waals surface area contributed by atoms with Crippen LogP contribution in [0.1, 0.15) is 25.3 Å². The fourth-order valence-electron chi connectivity index (χ4n) is 2.17. The number of nitrogens with zero attached hydrogens (tertiary/aromatic N) is 1. The van der Waals surface area contributed by atoms with Crippen LogP contribution >= 0.6 is 0 Å². The first-order valence-electron chi connectivity index (χ1n) is 5.92. The van der Waals surface area contributed by atoms with E-state index in [9.17, 15) is 13.2 Å². The Morgan fingerprint density at radius 2 is 1.65 bits per heavy atom. The molecule has 0 atom stereocenters. The van der Waals surface area contributed by atoms with Crippen molar-refractivity contribution in [3.05, 3.63) is 35.1 Å². The van der Waals surface area contributed by atoms with E-state index in [1.165, 1.54) is 0 Å². The summed E-state index contributed by atoms with van der Waals surface area (Å²) in [6.07, 6.45) is 2.09. The van der Waals surface area contributed by atoms with Crippen LogP contribution in [0.3, 0.4) is 0 Å². The van der Waals surface area contributed by atoms with Gasteiger partial charge in [0.1, 0.15) is 17.5 Å². The lowest BCUT2D eigenvalue weighted by Crippen LogP contribution is -2.33. The fraction of sp³-hybridized carbons (Fsp3) is 0.538. The van der Waals surface area contributed by atoms with Crippen LogP contribution in [-0.4, -0.2) is 18.0 Å². The summed E-state index contributed by atoms with van der Waals surface area (Å²) >= 11 is 0. The summed E-state index contributed by atoms with van der Waals surface area (Å²) in [5.74, 6) is -1.77. The van der Waals surface area contributed by atoms with Crippen LogP contribution in [0.15, 0.2) is 12.1 Å². The second-order valence-electron chi connectivity index (χ2n) is 4.81. The standard InChI is InChI=1S/C13H16F3N/c1-9-2-4-17(5-3-9)8-11-12(15)6-10(14)7-13(11)16/h6-7,9H,2-5,8H2,1H3. The van der Waals surface area contributed by atoms with Gasteiger partial charge in [-0.1, -0.05) is 6.92 Å². The molecule has 94 valence electrons. The zero-order chi connectivity index (χ0) is 12.4. The first-order chi connectivity index (χ1) is 8.06. The van der Waals surface area contributed by atoms with Gasteiger partial charge in [-0.05, 0) is 31.8 Å². The molecule has 2 rings (SSSR count). The molecule has 1 nitrogen and oxygen atoms in total. The fourth-order valence-corrected chi connectivity index (χ4v) is 2.17. The highest BCUT2D eigenvalue weighted by molar-refractivity contribution is 5.20. The van der Waals surface area contributed by atoms with Gasteiger partial charge < -0.3 is 0 Å². The van der Waals surface area contributed by atoms with Gasteiger partial charge in [0.2, 0.25) is 0 Å². The molecule has 0 radical (unpaired) electrons. The average Bonchev–Trinajstić information content (AvgIpc) is 2.26. The third-order valence-electron chi connectivity index (χ3n) is 3.36. The summed E-state index contributed by atoms with van der Waals surface area (Å²) in [7, 11) is 0. The van der Waals surface area contributed by atoms with Crippen molar-refractivity contribution in [1.82, 2.24) is 4.90 Å². The van der Waals surface area contributed by atoms with E-state index >= 15 is 0 Å². The maximum absolute atomic E-state index is 13.4. The molecule has 0 aromatic heterocycles. The molecular weight excluding hydrogens is 227 g/mol. The van der Waals surface area contributed by atoms with Crippen LogP contribution in [0.2, 0.25) is 0 Å². The van der Waals surface area contributed by atoms with Crippen molar-refractivity contribution in [2.24, 2.45) is 5.92 Å². The zero-order valence-corrected chi connectivity index (χ0v) is 9.85. The van der Waals surface area contributed by atoms with Gasteiger partial charge in [-0.25, -0.2) is 13.2 Å². The van der Waals surface area contributed by atoms with Gasteiger partial charge in [0.15, 0.2) is 0 Å². The number of piperidine rings is 1. The minimum absolute atomic E-state index is 0.0269. The molecule has 0 bridgehead atoms. The molecule has 0 unspecified atom stereocenters. The highest BCUT2D eigenvalue weighted by Gasteiger charge is 2.19. The molecule has 1 heterocycles. The van der Waals surface area contributed by atoms with Crippen LogP contribution in [0.5, 0.6) is 0 Å². The summed E-state index contributed by atoms with van der Waals surface area (Å²) in [6, 6.07) is 1.48. The molecule has 17 heavy (non-hydrogen) atoms. The van der Waals surface area contributed by atoms with E-state index in [0.717, 1.165) is 38.1 Å². The van der Waals surface area contributed by atoms with E-state index in [1.54, 1.807) is 0 Å². The van der Waals surface area contributed by atoms with Crippen LogP contribution in [0.4, 0.5) is 13.2 Å². The van der Waals surface area contributed by atoms with E-state index in [0.29, 0.717) is 5.92 Å². The number of halogens is 3.